The van der Waals surface area contributed by atoms with Crippen LogP contribution in [0.25, 0.3) is 0 Å². The summed E-state index contributed by atoms with van der Waals surface area (Å²) < 4.78 is 1.57. The van der Waals surface area contributed by atoms with Crippen molar-refractivity contribution >= 4 is 17.3 Å². The molecule has 1 aromatic heterocycles. The third-order valence-electron chi connectivity index (χ3n) is 2.85. The number of hydrogen-bond acceptors (Lipinski definition) is 5. The van der Waals surface area contributed by atoms with Gasteiger partial charge in [0.25, 0.3) is 5.69 Å². The lowest BCUT2D eigenvalue weighted by molar-refractivity contribution is -0.385. The normalized spacial score (nSPS) is 11.0. The molecule has 7 nitrogen and oxygen atoms in total. The van der Waals surface area contributed by atoms with Crippen LogP contribution in [0.15, 0.2) is 24.4 Å². The van der Waals surface area contributed by atoms with E-state index in [9.17, 15) is 10.1 Å². The molecule has 21 heavy (non-hydrogen) atoms. The van der Waals surface area contributed by atoms with Crippen LogP contribution in [0, 0.1) is 10.1 Å². The molecule has 0 bridgehead atoms. The molecule has 8 heteroatoms. The Kier molecular flexibility index (Phi) is 4.87. The van der Waals surface area contributed by atoms with Gasteiger partial charge in [0.2, 0.25) is 0 Å². The van der Waals surface area contributed by atoms with E-state index in [-0.39, 0.29) is 12.2 Å². The molecule has 0 spiro atoms. The van der Waals surface area contributed by atoms with Gasteiger partial charge < -0.3 is 5.32 Å². The predicted molar refractivity (Wildman–Crippen MR) is 79.2 cm³/mol. The van der Waals surface area contributed by atoms with Crippen molar-refractivity contribution in [3.05, 3.63) is 50.8 Å². The maximum atomic E-state index is 11.0. The largest absolute Gasteiger partial charge is 0.309 e. The highest BCUT2D eigenvalue weighted by Crippen LogP contribution is 2.23. The highest BCUT2D eigenvalue weighted by atomic mass is 35.5. The van der Waals surface area contributed by atoms with Crippen LogP contribution in [0.1, 0.15) is 25.1 Å². The van der Waals surface area contributed by atoms with Gasteiger partial charge in [0.05, 0.1) is 28.9 Å². The highest BCUT2D eigenvalue weighted by molar-refractivity contribution is 6.30. The van der Waals surface area contributed by atoms with E-state index in [0.29, 0.717) is 23.2 Å². The van der Waals surface area contributed by atoms with Crippen molar-refractivity contribution < 1.29 is 4.92 Å². The topological polar surface area (TPSA) is 85.9 Å². The lowest BCUT2D eigenvalue weighted by Gasteiger charge is -2.04. The Morgan fingerprint density at radius 1 is 1.48 bits per heavy atom. The zero-order valence-electron chi connectivity index (χ0n) is 11.8. The van der Waals surface area contributed by atoms with Gasteiger partial charge >= 0.3 is 0 Å². The first-order valence-corrected chi connectivity index (χ1v) is 6.88. The maximum Gasteiger partial charge on any atom is 0.274 e. The van der Waals surface area contributed by atoms with E-state index in [1.807, 2.05) is 13.8 Å². The fourth-order valence-electron chi connectivity index (χ4n) is 1.84. The second-order valence-electron chi connectivity index (χ2n) is 4.97. The number of nitrogens with zero attached hydrogens (tertiary/aromatic N) is 4. The third kappa shape index (κ3) is 4.24. The molecular weight excluding hydrogens is 294 g/mol. The van der Waals surface area contributed by atoms with E-state index >= 15 is 0 Å². The zero-order chi connectivity index (χ0) is 15.4. The van der Waals surface area contributed by atoms with Gasteiger partial charge in [0.15, 0.2) is 0 Å². The van der Waals surface area contributed by atoms with E-state index in [1.54, 1.807) is 16.9 Å². The monoisotopic (exact) mass is 309 g/mol. The van der Waals surface area contributed by atoms with Crippen molar-refractivity contribution in [2.45, 2.75) is 33.0 Å². The summed E-state index contributed by atoms with van der Waals surface area (Å²) in [6, 6.07) is 4.83. The number of nitro groups is 1. The van der Waals surface area contributed by atoms with E-state index in [4.69, 9.17) is 11.6 Å². The first kappa shape index (κ1) is 15.4. The Bertz CT molecular complexity index is 641. The van der Waals surface area contributed by atoms with Gasteiger partial charge in [0.1, 0.15) is 0 Å². The fourth-order valence-corrected chi connectivity index (χ4v) is 2.03. The molecule has 2 rings (SSSR count). The molecule has 0 aliphatic heterocycles. The summed E-state index contributed by atoms with van der Waals surface area (Å²) in [5, 5.41) is 22.7. The number of rotatable bonds is 6. The molecule has 0 saturated carbocycles. The Hall–Kier alpha value is -1.99. The molecule has 2 aromatic rings. The number of aromatic nitrogens is 3. The van der Waals surface area contributed by atoms with Crippen LogP contribution >= 0.6 is 11.6 Å². The van der Waals surface area contributed by atoms with E-state index in [1.165, 1.54) is 12.1 Å². The number of halogens is 1. The minimum Gasteiger partial charge on any atom is -0.309 e. The van der Waals surface area contributed by atoms with Crippen molar-refractivity contribution in [3.8, 4) is 0 Å². The summed E-state index contributed by atoms with van der Waals surface area (Å²) in [5.74, 6) is 0. The Morgan fingerprint density at radius 3 is 2.90 bits per heavy atom. The first-order chi connectivity index (χ1) is 9.95. The number of nitrogens with one attached hydrogen (secondary N) is 1. The van der Waals surface area contributed by atoms with Crippen LogP contribution in [-0.2, 0) is 13.1 Å². The van der Waals surface area contributed by atoms with Crippen molar-refractivity contribution in [2.75, 3.05) is 0 Å². The van der Waals surface area contributed by atoms with Crippen LogP contribution in [0.4, 0.5) is 5.69 Å². The van der Waals surface area contributed by atoms with Crippen molar-refractivity contribution in [1.29, 1.82) is 0 Å². The molecule has 1 heterocycles. The average molecular weight is 310 g/mol. The van der Waals surface area contributed by atoms with Crippen LogP contribution in [0.3, 0.4) is 0 Å². The highest BCUT2D eigenvalue weighted by Gasteiger charge is 2.15. The minimum atomic E-state index is -0.427. The van der Waals surface area contributed by atoms with Gasteiger partial charge in [0, 0.05) is 23.7 Å². The molecule has 0 fully saturated rings. The number of nitro benzene ring substituents is 1. The first-order valence-electron chi connectivity index (χ1n) is 6.51. The van der Waals surface area contributed by atoms with Gasteiger partial charge in [-0.05, 0) is 12.1 Å². The third-order valence-corrected chi connectivity index (χ3v) is 3.08. The summed E-state index contributed by atoms with van der Waals surface area (Å²) in [4.78, 5) is 10.6. The SMILES string of the molecule is CC(C)NCc1cn(Cc2cc(Cl)ccc2[N+](=O)[O-])nn1. The van der Waals surface area contributed by atoms with Gasteiger partial charge in [-0.2, -0.15) is 0 Å². The average Bonchev–Trinajstić information content (AvgIpc) is 2.83. The second kappa shape index (κ2) is 6.64. The lowest BCUT2D eigenvalue weighted by Crippen LogP contribution is -2.21. The Labute approximate surface area is 127 Å². The summed E-state index contributed by atoms with van der Waals surface area (Å²) in [7, 11) is 0. The molecular formula is C13H16ClN5O2. The van der Waals surface area contributed by atoms with E-state index in [2.05, 4.69) is 15.6 Å². The van der Waals surface area contributed by atoms with Crippen molar-refractivity contribution in [3.63, 3.8) is 0 Å². The molecule has 1 N–H and O–H groups in total. The molecule has 0 atom stereocenters. The summed E-state index contributed by atoms with van der Waals surface area (Å²) in [5.41, 5.74) is 1.31. The standard InChI is InChI=1S/C13H16ClN5O2/c1-9(2)15-6-12-8-18(17-16-12)7-10-5-11(14)3-4-13(10)19(20)21/h3-5,8-9,15H,6-7H2,1-2H3. The van der Waals surface area contributed by atoms with Gasteiger partial charge in [-0.25, -0.2) is 4.68 Å². The van der Waals surface area contributed by atoms with Gasteiger partial charge in [-0.15, -0.1) is 5.10 Å². The van der Waals surface area contributed by atoms with Gasteiger partial charge in [-0.1, -0.05) is 30.7 Å². The molecule has 0 saturated heterocycles. The van der Waals surface area contributed by atoms with Crippen LogP contribution in [0.2, 0.25) is 5.02 Å². The smallest absolute Gasteiger partial charge is 0.274 e. The van der Waals surface area contributed by atoms with Crippen molar-refractivity contribution in [1.82, 2.24) is 20.3 Å². The Morgan fingerprint density at radius 2 is 2.24 bits per heavy atom. The molecule has 0 unspecified atom stereocenters. The maximum absolute atomic E-state index is 11.0. The summed E-state index contributed by atoms with van der Waals surface area (Å²) in [6.07, 6.45) is 1.76. The summed E-state index contributed by atoms with van der Waals surface area (Å²) >= 11 is 5.90. The van der Waals surface area contributed by atoms with E-state index < -0.39 is 4.92 Å². The molecule has 0 radical (unpaired) electrons. The Balaban J connectivity index is 2.15. The van der Waals surface area contributed by atoms with Crippen LogP contribution in [0.5, 0.6) is 0 Å². The van der Waals surface area contributed by atoms with Crippen LogP contribution < -0.4 is 5.32 Å². The lowest BCUT2D eigenvalue weighted by atomic mass is 10.2. The minimum absolute atomic E-state index is 0.0248. The number of benzene rings is 1. The molecule has 0 aliphatic rings. The second-order valence-corrected chi connectivity index (χ2v) is 5.41. The molecule has 0 aliphatic carbocycles. The molecule has 0 amide bonds. The molecule has 1 aromatic carbocycles. The summed E-state index contributed by atoms with van der Waals surface area (Å²) in [6.45, 7) is 4.94. The zero-order valence-corrected chi connectivity index (χ0v) is 12.5. The van der Waals surface area contributed by atoms with Crippen molar-refractivity contribution in [2.24, 2.45) is 0 Å². The molecule has 112 valence electrons. The van der Waals surface area contributed by atoms with E-state index in [0.717, 1.165) is 5.69 Å². The fraction of sp³-hybridized carbons (Fsp3) is 0.385. The quantitative estimate of drug-likeness (QED) is 0.654. The number of hydrogen-bond donors (Lipinski definition) is 1. The predicted octanol–water partition coefficient (Wildman–Crippen LogP) is 2.39. The van der Waals surface area contributed by atoms with Crippen LogP contribution in [-0.4, -0.2) is 26.0 Å². The van der Waals surface area contributed by atoms with Gasteiger partial charge in [-0.3, -0.25) is 10.1 Å².